The fourth-order valence-electron chi connectivity index (χ4n) is 3.00. The van der Waals surface area contributed by atoms with E-state index in [2.05, 4.69) is 20.1 Å². The molecule has 4 aromatic rings. The third-order valence-electron chi connectivity index (χ3n) is 4.65. The van der Waals surface area contributed by atoms with Crippen LogP contribution in [0.3, 0.4) is 0 Å². The Morgan fingerprint density at radius 1 is 0.759 bits per heavy atom. The first-order chi connectivity index (χ1) is 13.8. The Kier molecular flexibility index (Phi) is 4.62. The molecule has 0 unspecified atom stereocenters. The molecule has 0 radical (unpaired) electrons. The summed E-state index contributed by atoms with van der Waals surface area (Å²) in [6.45, 7) is 3.85. The summed E-state index contributed by atoms with van der Waals surface area (Å²) in [5.41, 5.74) is 1.11. The fourth-order valence-corrected chi connectivity index (χ4v) is 3.00. The van der Waals surface area contributed by atoms with Crippen molar-refractivity contribution in [1.29, 1.82) is 0 Å². The van der Waals surface area contributed by atoms with E-state index in [1.165, 1.54) is 23.0 Å². The molecular weight excluding hydrogens is 379 g/mol. The molecule has 4 heterocycles. The van der Waals surface area contributed by atoms with Crippen LogP contribution in [-0.2, 0) is 5.41 Å². The molecule has 146 valence electrons. The number of nitrogens with zero attached hydrogens (tertiary/aromatic N) is 5. The third kappa shape index (κ3) is 3.61. The van der Waals surface area contributed by atoms with E-state index >= 15 is 0 Å². The maximum atomic E-state index is 14.1. The van der Waals surface area contributed by atoms with Gasteiger partial charge in [0.15, 0.2) is 5.82 Å². The van der Waals surface area contributed by atoms with E-state index < -0.39 is 23.3 Å². The van der Waals surface area contributed by atoms with Crippen LogP contribution in [0.2, 0.25) is 0 Å². The second kappa shape index (κ2) is 7.12. The van der Waals surface area contributed by atoms with Crippen molar-refractivity contribution in [2.45, 2.75) is 19.3 Å². The SMILES string of the molecule is CC(C)(c1cccc(-c2ccc(F)nc2F)n1)c1cccc(-n2ccc(F)n2)n1. The number of hydrogen-bond acceptors (Lipinski definition) is 4. The van der Waals surface area contributed by atoms with Crippen LogP contribution in [0, 0.1) is 17.8 Å². The van der Waals surface area contributed by atoms with Gasteiger partial charge in [-0.05, 0) is 50.2 Å². The van der Waals surface area contributed by atoms with Gasteiger partial charge in [-0.1, -0.05) is 12.1 Å². The Balaban J connectivity index is 1.74. The fraction of sp³-hybridized carbons (Fsp3) is 0.143. The number of rotatable bonds is 4. The molecule has 0 aliphatic heterocycles. The van der Waals surface area contributed by atoms with Gasteiger partial charge in [0, 0.05) is 17.7 Å². The molecule has 0 atom stereocenters. The molecule has 0 saturated carbocycles. The van der Waals surface area contributed by atoms with Gasteiger partial charge in [0.05, 0.1) is 22.6 Å². The Hall–Kier alpha value is -3.55. The molecule has 5 nitrogen and oxygen atoms in total. The van der Waals surface area contributed by atoms with Crippen LogP contribution in [-0.4, -0.2) is 24.7 Å². The van der Waals surface area contributed by atoms with Crippen molar-refractivity contribution in [2.24, 2.45) is 0 Å². The molecule has 0 aliphatic rings. The lowest BCUT2D eigenvalue weighted by atomic mass is 9.84. The van der Waals surface area contributed by atoms with Crippen molar-refractivity contribution in [2.75, 3.05) is 0 Å². The van der Waals surface area contributed by atoms with E-state index in [9.17, 15) is 13.2 Å². The summed E-state index contributed by atoms with van der Waals surface area (Å²) in [6, 6.07) is 14.2. The summed E-state index contributed by atoms with van der Waals surface area (Å²) in [7, 11) is 0. The van der Waals surface area contributed by atoms with Crippen molar-refractivity contribution in [3.63, 3.8) is 0 Å². The summed E-state index contributed by atoms with van der Waals surface area (Å²) in [5, 5.41) is 3.74. The minimum absolute atomic E-state index is 0.109. The highest BCUT2D eigenvalue weighted by Crippen LogP contribution is 2.31. The summed E-state index contributed by atoms with van der Waals surface area (Å²) < 4.78 is 41.8. The van der Waals surface area contributed by atoms with Crippen molar-refractivity contribution < 1.29 is 13.2 Å². The number of halogens is 3. The topological polar surface area (TPSA) is 56.5 Å². The van der Waals surface area contributed by atoms with Crippen LogP contribution >= 0.6 is 0 Å². The molecule has 8 heteroatoms. The van der Waals surface area contributed by atoms with Crippen molar-refractivity contribution in [3.8, 4) is 17.1 Å². The first-order valence-electron chi connectivity index (χ1n) is 8.83. The van der Waals surface area contributed by atoms with Crippen LogP contribution < -0.4 is 0 Å². The molecule has 0 N–H and O–H groups in total. The van der Waals surface area contributed by atoms with Crippen LogP contribution in [0.15, 0.2) is 60.8 Å². The zero-order valence-electron chi connectivity index (χ0n) is 15.6. The normalized spacial score (nSPS) is 11.6. The standard InChI is InChI=1S/C21H16F3N5/c1-21(2,16-7-4-8-19(26-16)29-12-11-18(23)28-29)15-6-3-5-14(25-15)13-9-10-17(22)27-20(13)24/h3-12H,1-2H3. The maximum absolute atomic E-state index is 14.1. The van der Waals surface area contributed by atoms with Gasteiger partial charge in [0.1, 0.15) is 0 Å². The van der Waals surface area contributed by atoms with Crippen molar-refractivity contribution in [3.05, 3.63) is 90.0 Å². The van der Waals surface area contributed by atoms with E-state index in [4.69, 9.17) is 0 Å². The lowest BCUT2D eigenvalue weighted by molar-refractivity contribution is 0.514. The first-order valence-corrected chi connectivity index (χ1v) is 8.83. The quantitative estimate of drug-likeness (QED) is 0.479. The average Bonchev–Trinajstić information content (AvgIpc) is 3.14. The van der Waals surface area contributed by atoms with Crippen LogP contribution in [0.5, 0.6) is 0 Å². The van der Waals surface area contributed by atoms with Gasteiger partial charge in [-0.25, -0.2) is 9.67 Å². The lowest BCUT2D eigenvalue weighted by Gasteiger charge is -2.24. The van der Waals surface area contributed by atoms with Gasteiger partial charge in [-0.15, -0.1) is 5.10 Å². The summed E-state index contributed by atoms with van der Waals surface area (Å²) >= 11 is 0. The summed E-state index contributed by atoms with van der Waals surface area (Å²) in [6.07, 6.45) is 1.48. The van der Waals surface area contributed by atoms with Gasteiger partial charge < -0.3 is 0 Å². The van der Waals surface area contributed by atoms with Gasteiger partial charge >= 0.3 is 0 Å². The second-order valence-corrected chi connectivity index (χ2v) is 6.97. The van der Waals surface area contributed by atoms with Crippen molar-refractivity contribution in [1.82, 2.24) is 24.7 Å². The minimum atomic E-state index is -0.923. The Labute approximate surface area is 164 Å². The number of aromatic nitrogens is 5. The number of hydrogen-bond donors (Lipinski definition) is 0. The van der Waals surface area contributed by atoms with Crippen LogP contribution in [0.25, 0.3) is 17.1 Å². The predicted molar refractivity (Wildman–Crippen MR) is 101 cm³/mol. The van der Waals surface area contributed by atoms with Gasteiger partial charge in [-0.2, -0.15) is 18.2 Å². The second-order valence-electron chi connectivity index (χ2n) is 6.97. The zero-order valence-corrected chi connectivity index (χ0v) is 15.6. The van der Waals surface area contributed by atoms with E-state index in [0.717, 1.165) is 6.07 Å². The van der Waals surface area contributed by atoms with E-state index in [1.807, 2.05) is 19.9 Å². The molecule has 0 amide bonds. The van der Waals surface area contributed by atoms with Gasteiger partial charge in [0.25, 0.3) is 0 Å². The molecule has 0 aliphatic carbocycles. The average molecular weight is 395 g/mol. The highest BCUT2D eigenvalue weighted by molar-refractivity contribution is 5.59. The summed E-state index contributed by atoms with van der Waals surface area (Å²) in [4.78, 5) is 12.4. The minimum Gasteiger partial charge on any atom is -0.252 e. The Morgan fingerprint density at radius 3 is 2.17 bits per heavy atom. The van der Waals surface area contributed by atoms with Gasteiger partial charge in [-0.3, -0.25) is 4.98 Å². The molecular formula is C21H16F3N5. The van der Waals surface area contributed by atoms with Crippen molar-refractivity contribution >= 4 is 0 Å². The Bertz CT molecular complexity index is 1190. The molecule has 29 heavy (non-hydrogen) atoms. The summed E-state index contributed by atoms with van der Waals surface area (Å²) in [5.74, 6) is -1.95. The van der Waals surface area contributed by atoms with E-state index in [1.54, 1.807) is 30.3 Å². The van der Waals surface area contributed by atoms with Gasteiger partial charge in [0.2, 0.25) is 17.8 Å². The molecule has 4 aromatic heterocycles. The third-order valence-corrected chi connectivity index (χ3v) is 4.65. The van der Waals surface area contributed by atoms with Crippen LogP contribution in [0.1, 0.15) is 25.2 Å². The molecule has 0 fully saturated rings. The molecule has 0 saturated heterocycles. The number of pyridine rings is 3. The van der Waals surface area contributed by atoms with E-state index in [-0.39, 0.29) is 5.56 Å². The Morgan fingerprint density at radius 2 is 1.48 bits per heavy atom. The van der Waals surface area contributed by atoms with Crippen LogP contribution in [0.4, 0.5) is 13.2 Å². The predicted octanol–water partition coefficient (Wildman–Crippen LogP) is 4.47. The highest BCUT2D eigenvalue weighted by atomic mass is 19.1. The maximum Gasteiger partial charge on any atom is 0.233 e. The molecule has 0 aromatic carbocycles. The lowest BCUT2D eigenvalue weighted by Crippen LogP contribution is -2.23. The molecule has 4 rings (SSSR count). The largest absolute Gasteiger partial charge is 0.252 e. The van der Waals surface area contributed by atoms with E-state index in [0.29, 0.717) is 22.9 Å². The molecule has 0 spiro atoms. The zero-order chi connectivity index (χ0) is 20.6. The first kappa shape index (κ1) is 18.8. The molecule has 0 bridgehead atoms. The smallest absolute Gasteiger partial charge is 0.233 e. The monoisotopic (exact) mass is 395 g/mol. The highest BCUT2D eigenvalue weighted by Gasteiger charge is 2.27.